The molecule has 0 spiro atoms. The minimum atomic E-state index is -0.536. The number of imide groups is 1. The van der Waals surface area contributed by atoms with Crippen molar-refractivity contribution < 1.29 is 19.1 Å². The van der Waals surface area contributed by atoms with Crippen LogP contribution in [0, 0.1) is 0 Å². The van der Waals surface area contributed by atoms with Crippen LogP contribution in [0.4, 0.5) is 4.79 Å². The molecule has 3 aromatic carbocycles. The van der Waals surface area contributed by atoms with Crippen molar-refractivity contribution in [1.82, 2.24) is 15.5 Å². The number of rotatable bonds is 8. The zero-order valence-electron chi connectivity index (χ0n) is 21.6. The van der Waals surface area contributed by atoms with E-state index >= 15 is 0 Å². The summed E-state index contributed by atoms with van der Waals surface area (Å²) in [7, 11) is 1.55. The zero-order chi connectivity index (χ0) is 26.5. The number of hydrogen-bond donors (Lipinski definition) is 2. The van der Waals surface area contributed by atoms with Crippen LogP contribution in [-0.4, -0.2) is 48.5 Å². The van der Waals surface area contributed by atoms with E-state index in [4.69, 9.17) is 4.74 Å². The van der Waals surface area contributed by atoms with Crippen molar-refractivity contribution in [3.63, 3.8) is 0 Å². The number of ether oxygens (including phenoxy) is 1. The Morgan fingerprint density at radius 3 is 2.26 bits per heavy atom. The number of methoxy groups -OCH3 is 1. The number of nitrogens with zero attached hydrogens (tertiary/aromatic N) is 1. The average Bonchev–Trinajstić information content (AvgIpc) is 3.25. The molecule has 1 saturated carbocycles. The molecule has 0 aromatic heterocycles. The second-order valence-corrected chi connectivity index (χ2v) is 10.2. The van der Waals surface area contributed by atoms with Gasteiger partial charge in [-0.15, -0.1) is 0 Å². The van der Waals surface area contributed by atoms with Gasteiger partial charge in [-0.2, -0.15) is 0 Å². The van der Waals surface area contributed by atoms with Crippen molar-refractivity contribution in [3.05, 3.63) is 102 Å². The first-order valence-electron chi connectivity index (χ1n) is 13.1. The number of amides is 4. The fraction of sp³-hybridized carbons (Fsp3) is 0.323. The van der Waals surface area contributed by atoms with Crippen LogP contribution in [0.15, 0.2) is 84.9 Å². The molecule has 7 nitrogen and oxygen atoms in total. The highest BCUT2D eigenvalue weighted by Crippen LogP contribution is 2.41. The van der Waals surface area contributed by atoms with Crippen LogP contribution in [0.1, 0.15) is 47.2 Å². The highest BCUT2D eigenvalue weighted by molar-refractivity contribution is 6.04. The van der Waals surface area contributed by atoms with E-state index in [9.17, 15) is 14.4 Å². The maximum Gasteiger partial charge on any atom is 0.325 e. The molecule has 1 heterocycles. The number of benzene rings is 3. The summed E-state index contributed by atoms with van der Waals surface area (Å²) in [6, 6.07) is 26.1. The molecule has 2 aliphatic rings. The number of carbonyl (C=O) groups excluding carboxylic acids is 3. The van der Waals surface area contributed by atoms with Crippen LogP contribution in [0.2, 0.25) is 0 Å². The van der Waals surface area contributed by atoms with E-state index in [1.165, 1.54) is 4.90 Å². The lowest BCUT2D eigenvalue weighted by Crippen LogP contribution is -2.49. The summed E-state index contributed by atoms with van der Waals surface area (Å²) in [5, 5.41) is 6.03. The van der Waals surface area contributed by atoms with Crippen LogP contribution in [0.25, 0.3) is 0 Å². The molecule has 2 fully saturated rings. The first kappa shape index (κ1) is 25.5. The third-order valence-electron chi connectivity index (χ3n) is 7.94. The van der Waals surface area contributed by atoms with Crippen molar-refractivity contribution in [2.24, 2.45) is 0 Å². The van der Waals surface area contributed by atoms with E-state index < -0.39 is 6.04 Å². The van der Waals surface area contributed by atoms with E-state index in [2.05, 4.69) is 22.8 Å². The Kier molecular flexibility index (Phi) is 7.45. The minimum absolute atomic E-state index is 0.152. The first-order chi connectivity index (χ1) is 18.5. The lowest BCUT2D eigenvalue weighted by Gasteiger charge is -2.42. The highest BCUT2D eigenvalue weighted by atomic mass is 16.5. The minimum Gasteiger partial charge on any atom is -0.496 e. The number of carbonyl (C=O) groups is 3. The lowest BCUT2D eigenvalue weighted by atomic mass is 9.67. The van der Waals surface area contributed by atoms with Gasteiger partial charge in [-0.05, 0) is 48.9 Å². The van der Waals surface area contributed by atoms with Gasteiger partial charge in [0.2, 0.25) is 0 Å². The molecule has 2 N–H and O–H groups in total. The normalized spacial score (nSPS) is 23.1. The Morgan fingerprint density at radius 1 is 0.947 bits per heavy atom. The van der Waals surface area contributed by atoms with Gasteiger partial charge in [-0.1, -0.05) is 72.8 Å². The summed E-state index contributed by atoms with van der Waals surface area (Å²) in [6.07, 6.45) is 3.33. The van der Waals surface area contributed by atoms with E-state index in [1.807, 2.05) is 60.7 Å². The number of nitrogens with one attached hydrogen (secondary N) is 2. The standard InChI is InChI=1S/C31H33N3O4/c1-38-27-15-9-8-14-25(27)28(35)32-21-31(23-12-6-3-7-13-23)18-16-24(17-19-31)34-29(36)26(33-30(34)37)20-22-10-4-2-5-11-22/h2-15,24,26H,16-21H2,1H3,(H,32,35)(H,33,37)/t24?,26-,31?/m0/s1. The first-order valence-corrected chi connectivity index (χ1v) is 13.1. The van der Waals surface area contributed by atoms with Crippen LogP contribution in [0.5, 0.6) is 5.75 Å². The fourth-order valence-electron chi connectivity index (χ4n) is 5.83. The number of hydrogen-bond acceptors (Lipinski definition) is 4. The Hall–Kier alpha value is -4.13. The predicted molar refractivity (Wildman–Crippen MR) is 145 cm³/mol. The summed E-state index contributed by atoms with van der Waals surface area (Å²) >= 11 is 0. The van der Waals surface area contributed by atoms with Crippen molar-refractivity contribution >= 4 is 17.8 Å². The Morgan fingerprint density at radius 2 is 1.58 bits per heavy atom. The van der Waals surface area contributed by atoms with Crippen LogP contribution in [0.3, 0.4) is 0 Å². The van der Waals surface area contributed by atoms with Gasteiger partial charge in [0, 0.05) is 24.4 Å². The summed E-state index contributed by atoms with van der Waals surface area (Å²) in [6.45, 7) is 0.456. The second-order valence-electron chi connectivity index (χ2n) is 10.2. The average molecular weight is 512 g/mol. The summed E-state index contributed by atoms with van der Waals surface area (Å²) in [5.41, 5.74) is 2.37. The largest absolute Gasteiger partial charge is 0.496 e. The third-order valence-corrected chi connectivity index (χ3v) is 7.94. The molecule has 1 aliphatic carbocycles. The molecular weight excluding hydrogens is 478 g/mol. The molecule has 38 heavy (non-hydrogen) atoms. The lowest BCUT2D eigenvalue weighted by molar-refractivity contribution is -0.129. The van der Waals surface area contributed by atoms with Gasteiger partial charge in [-0.3, -0.25) is 14.5 Å². The highest BCUT2D eigenvalue weighted by Gasteiger charge is 2.46. The van der Waals surface area contributed by atoms with Crippen LogP contribution < -0.4 is 15.4 Å². The fourth-order valence-corrected chi connectivity index (χ4v) is 5.83. The number of urea groups is 1. The van der Waals surface area contributed by atoms with E-state index in [-0.39, 0.29) is 29.3 Å². The molecule has 196 valence electrons. The maximum absolute atomic E-state index is 13.3. The molecule has 0 bridgehead atoms. The van der Waals surface area contributed by atoms with E-state index in [0.29, 0.717) is 37.1 Å². The van der Waals surface area contributed by atoms with Gasteiger partial charge in [0.05, 0.1) is 12.7 Å². The molecule has 1 saturated heterocycles. The molecule has 0 unspecified atom stereocenters. The van der Waals surface area contributed by atoms with Crippen molar-refractivity contribution in [2.75, 3.05) is 13.7 Å². The molecule has 3 aromatic rings. The van der Waals surface area contributed by atoms with Crippen LogP contribution in [-0.2, 0) is 16.6 Å². The quantitative estimate of drug-likeness (QED) is 0.437. The van der Waals surface area contributed by atoms with Gasteiger partial charge in [-0.25, -0.2) is 4.79 Å². The summed E-state index contributed by atoms with van der Waals surface area (Å²) in [4.78, 5) is 40.7. The van der Waals surface area contributed by atoms with Gasteiger partial charge >= 0.3 is 6.03 Å². The smallest absolute Gasteiger partial charge is 0.325 e. The Labute approximate surface area is 223 Å². The third kappa shape index (κ3) is 5.14. The Bertz CT molecular complexity index is 1290. The summed E-state index contributed by atoms with van der Waals surface area (Å²) < 4.78 is 5.37. The Balaban J connectivity index is 1.29. The molecule has 0 radical (unpaired) electrons. The van der Waals surface area contributed by atoms with Gasteiger partial charge < -0.3 is 15.4 Å². The SMILES string of the molecule is COc1ccccc1C(=O)NCC1(c2ccccc2)CCC(N2C(=O)N[C@@H](Cc3ccccc3)C2=O)CC1. The predicted octanol–water partition coefficient (Wildman–Crippen LogP) is 4.47. The summed E-state index contributed by atoms with van der Waals surface area (Å²) in [5.74, 6) is 0.198. The van der Waals surface area contributed by atoms with Crippen molar-refractivity contribution in [3.8, 4) is 5.75 Å². The molecular formula is C31H33N3O4. The molecule has 4 amide bonds. The number of para-hydroxylation sites is 1. The van der Waals surface area contributed by atoms with E-state index in [1.54, 1.807) is 19.2 Å². The van der Waals surface area contributed by atoms with Crippen molar-refractivity contribution in [1.29, 1.82) is 0 Å². The van der Waals surface area contributed by atoms with E-state index in [0.717, 1.165) is 24.0 Å². The van der Waals surface area contributed by atoms with Gasteiger partial charge in [0.15, 0.2) is 0 Å². The van der Waals surface area contributed by atoms with Crippen LogP contribution >= 0.6 is 0 Å². The second kappa shape index (κ2) is 11.1. The molecule has 1 aliphatic heterocycles. The topological polar surface area (TPSA) is 87.7 Å². The van der Waals surface area contributed by atoms with Gasteiger partial charge in [0.25, 0.3) is 11.8 Å². The molecule has 7 heteroatoms. The molecule has 1 atom stereocenters. The molecule has 5 rings (SSSR count). The van der Waals surface area contributed by atoms with Crippen molar-refractivity contribution in [2.45, 2.75) is 49.6 Å². The van der Waals surface area contributed by atoms with Gasteiger partial charge in [0.1, 0.15) is 11.8 Å². The monoisotopic (exact) mass is 511 g/mol. The zero-order valence-corrected chi connectivity index (χ0v) is 21.6. The maximum atomic E-state index is 13.3.